The van der Waals surface area contributed by atoms with Crippen molar-refractivity contribution in [1.82, 2.24) is 4.90 Å². The summed E-state index contributed by atoms with van der Waals surface area (Å²) in [5.41, 5.74) is 5.42. The number of anilines is 1. The first-order valence-electron chi connectivity index (χ1n) is 5.97. The van der Waals surface area contributed by atoms with Gasteiger partial charge in [0.1, 0.15) is 11.0 Å². The van der Waals surface area contributed by atoms with Crippen LogP contribution in [0.5, 0.6) is 0 Å². The summed E-state index contributed by atoms with van der Waals surface area (Å²) in [6.45, 7) is 1.65. The molecular weight excluding hydrogens is 282 g/mol. The third-order valence-electron chi connectivity index (χ3n) is 2.78. The summed E-state index contributed by atoms with van der Waals surface area (Å²) in [5.74, 6) is -1.99. The number of carbonyl (C=O) groups is 3. The van der Waals surface area contributed by atoms with Gasteiger partial charge >= 0.3 is 5.97 Å². The number of nitrogens with two attached hydrogens (primary N) is 1. The standard InChI is InChI=1S/C12H17N3O4S/c1-3-8(12(18)19)15(2)6-9(16)14-11-7(10(13)17)4-5-20-11/h4-5,8H,3,6H2,1-2H3,(H2,13,17)(H,14,16)(H,18,19). The van der Waals surface area contributed by atoms with Gasteiger partial charge in [-0.1, -0.05) is 6.92 Å². The summed E-state index contributed by atoms with van der Waals surface area (Å²) in [4.78, 5) is 35.4. The summed E-state index contributed by atoms with van der Waals surface area (Å²) in [6.07, 6.45) is 0.394. The lowest BCUT2D eigenvalue weighted by Crippen LogP contribution is -2.42. The van der Waals surface area contributed by atoms with E-state index >= 15 is 0 Å². The molecule has 0 fully saturated rings. The molecule has 0 saturated heterocycles. The second-order valence-electron chi connectivity index (χ2n) is 4.25. The van der Waals surface area contributed by atoms with Gasteiger partial charge in [-0.15, -0.1) is 11.3 Å². The van der Waals surface area contributed by atoms with Gasteiger partial charge in [0.05, 0.1) is 12.1 Å². The number of thiophene rings is 1. The first-order chi connectivity index (χ1) is 9.36. The van der Waals surface area contributed by atoms with Crippen LogP contribution in [0.1, 0.15) is 23.7 Å². The van der Waals surface area contributed by atoms with Crippen LogP contribution in [0.25, 0.3) is 0 Å². The van der Waals surface area contributed by atoms with E-state index in [2.05, 4.69) is 5.32 Å². The van der Waals surface area contributed by atoms with Crippen molar-refractivity contribution in [3.05, 3.63) is 17.0 Å². The summed E-state index contributed by atoms with van der Waals surface area (Å²) < 4.78 is 0. The molecule has 0 aliphatic heterocycles. The van der Waals surface area contributed by atoms with E-state index in [0.717, 1.165) is 0 Å². The van der Waals surface area contributed by atoms with Gasteiger partial charge in [-0.3, -0.25) is 19.3 Å². The maximum atomic E-state index is 11.8. The van der Waals surface area contributed by atoms with E-state index in [1.807, 2.05) is 0 Å². The SMILES string of the molecule is CCC(C(=O)O)N(C)CC(=O)Nc1sccc1C(N)=O. The van der Waals surface area contributed by atoms with Gasteiger partial charge in [0.25, 0.3) is 5.91 Å². The lowest BCUT2D eigenvalue weighted by Gasteiger charge is -2.22. The number of hydrogen-bond donors (Lipinski definition) is 3. The molecule has 0 radical (unpaired) electrons. The number of carboxylic acid groups (broad SMARTS) is 1. The van der Waals surface area contributed by atoms with Gasteiger partial charge in [0.2, 0.25) is 5.91 Å². The second kappa shape index (κ2) is 7.01. The lowest BCUT2D eigenvalue weighted by molar-refractivity contribution is -0.143. The largest absolute Gasteiger partial charge is 0.480 e. The molecule has 2 amide bonds. The minimum absolute atomic E-state index is 0.0824. The highest BCUT2D eigenvalue weighted by molar-refractivity contribution is 7.14. The molecule has 0 aliphatic rings. The quantitative estimate of drug-likeness (QED) is 0.681. The van der Waals surface area contributed by atoms with E-state index in [1.165, 1.54) is 22.3 Å². The number of hydrogen-bond acceptors (Lipinski definition) is 5. The van der Waals surface area contributed by atoms with Gasteiger partial charge in [-0.2, -0.15) is 0 Å². The van der Waals surface area contributed by atoms with E-state index in [9.17, 15) is 14.4 Å². The highest BCUT2D eigenvalue weighted by atomic mass is 32.1. The van der Waals surface area contributed by atoms with Crippen LogP contribution in [-0.2, 0) is 9.59 Å². The average molecular weight is 299 g/mol. The van der Waals surface area contributed by atoms with Crippen LogP contribution >= 0.6 is 11.3 Å². The van der Waals surface area contributed by atoms with Crippen LogP contribution < -0.4 is 11.1 Å². The third-order valence-corrected chi connectivity index (χ3v) is 3.61. The van der Waals surface area contributed by atoms with Crippen LogP contribution in [-0.4, -0.2) is 47.4 Å². The zero-order valence-corrected chi connectivity index (χ0v) is 12.1. The molecule has 110 valence electrons. The number of carbonyl (C=O) groups excluding carboxylic acids is 2. The Morgan fingerprint density at radius 1 is 1.50 bits per heavy atom. The Bertz CT molecular complexity index is 515. The maximum absolute atomic E-state index is 11.8. The molecule has 8 heteroatoms. The number of aliphatic carboxylic acids is 1. The Hall–Kier alpha value is -1.93. The molecule has 1 heterocycles. The molecule has 4 N–H and O–H groups in total. The number of carboxylic acids is 1. The Kier molecular flexibility index (Phi) is 5.66. The Balaban J connectivity index is 2.66. The number of amides is 2. The first kappa shape index (κ1) is 16.1. The van der Waals surface area contributed by atoms with Gasteiger partial charge in [-0.25, -0.2) is 0 Å². The Morgan fingerprint density at radius 3 is 2.65 bits per heavy atom. The number of rotatable bonds is 7. The molecule has 1 rings (SSSR count). The normalized spacial score (nSPS) is 12.2. The number of nitrogens with one attached hydrogen (secondary N) is 1. The van der Waals surface area contributed by atoms with Gasteiger partial charge in [0.15, 0.2) is 0 Å². The van der Waals surface area contributed by atoms with E-state index in [-0.39, 0.29) is 12.1 Å². The summed E-state index contributed by atoms with van der Waals surface area (Å²) in [6, 6.07) is 0.804. The van der Waals surface area contributed by atoms with Crippen molar-refractivity contribution in [2.45, 2.75) is 19.4 Å². The highest BCUT2D eigenvalue weighted by Gasteiger charge is 2.22. The molecule has 0 spiro atoms. The molecule has 7 nitrogen and oxygen atoms in total. The minimum atomic E-state index is -0.975. The molecule has 0 bridgehead atoms. The molecule has 0 aliphatic carbocycles. The lowest BCUT2D eigenvalue weighted by atomic mass is 10.2. The van der Waals surface area contributed by atoms with E-state index in [1.54, 1.807) is 19.4 Å². The van der Waals surface area contributed by atoms with E-state index in [4.69, 9.17) is 10.8 Å². The molecular formula is C12H17N3O4S. The predicted octanol–water partition coefficient (Wildman–Crippen LogP) is 0.581. The van der Waals surface area contributed by atoms with E-state index < -0.39 is 23.8 Å². The maximum Gasteiger partial charge on any atom is 0.320 e. The summed E-state index contributed by atoms with van der Waals surface area (Å²) in [5, 5.41) is 13.6. The van der Waals surface area contributed by atoms with Crippen LogP contribution in [0.4, 0.5) is 5.00 Å². The summed E-state index contributed by atoms with van der Waals surface area (Å²) in [7, 11) is 1.56. The molecule has 20 heavy (non-hydrogen) atoms. The van der Waals surface area contributed by atoms with Crippen LogP contribution in [0, 0.1) is 0 Å². The van der Waals surface area contributed by atoms with Gasteiger partial charge in [0, 0.05) is 0 Å². The first-order valence-corrected chi connectivity index (χ1v) is 6.85. The number of likely N-dealkylation sites (N-methyl/N-ethyl adjacent to an activating group) is 1. The number of nitrogens with zero attached hydrogens (tertiary/aromatic N) is 1. The van der Waals surface area contributed by atoms with Crippen molar-refractivity contribution in [3.8, 4) is 0 Å². The fourth-order valence-corrected chi connectivity index (χ4v) is 2.59. The Morgan fingerprint density at radius 2 is 2.15 bits per heavy atom. The predicted molar refractivity (Wildman–Crippen MR) is 75.8 cm³/mol. The van der Waals surface area contributed by atoms with Crippen LogP contribution in [0.2, 0.25) is 0 Å². The fraction of sp³-hybridized carbons (Fsp3) is 0.417. The molecule has 0 saturated carbocycles. The fourth-order valence-electron chi connectivity index (χ4n) is 1.78. The van der Waals surface area contributed by atoms with Crippen molar-refractivity contribution in [2.24, 2.45) is 5.73 Å². The second-order valence-corrected chi connectivity index (χ2v) is 5.17. The van der Waals surface area contributed by atoms with Crippen LogP contribution in [0.3, 0.4) is 0 Å². The van der Waals surface area contributed by atoms with E-state index in [0.29, 0.717) is 11.4 Å². The van der Waals surface area contributed by atoms with Crippen molar-refractivity contribution in [1.29, 1.82) is 0 Å². The van der Waals surface area contributed by atoms with Crippen molar-refractivity contribution >= 4 is 34.1 Å². The number of primary amides is 1. The van der Waals surface area contributed by atoms with Crippen molar-refractivity contribution in [3.63, 3.8) is 0 Å². The Labute approximate surface area is 120 Å². The van der Waals surface area contributed by atoms with Gasteiger partial charge in [-0.05, 0) is 24.9 Å². The molecule has 1 unspecified atom stereocenters. The molecule has 1 aromatic rings. The van der Waals surface area contributed by atoms with Crippen LogP contribution in [0.15, 0.2) is 11.4 Å². The van der Waals surface area contributed by atoms with Gasteiger partial charge < -0.3 is 16.2 Å². The highest BCUT2D eigenvalue weighted by Crippen LogP contribution is 2.22. The zero-order chi connectivity index (χ0) is 15.3. The zero-order valence-electron chi connectivity index (χ0n) is 11.3. The molecule has 1 aromatic heterocycles. The van der Waals surface area contributed by atoms with Crippen molar-refractivity contribution < 1.29 is 19.5 Å². The third kappa shape index (κ3) is 4.04. The monoisotopic (exact) mass is 299 g/mol. The minimum Gasteiger partial charge on any atom is -0.480 e. The summed E-state index contributed by atoms with van der Waals surface area (Å²) >= 11 is 1.19. The molecule has 1 atom stereocenters. The average Bonchev–Trinajstić information content (AvgIpc) is 2.76. The smallest absolute Gasteiger partial charge is 0.320 e. The topological polar surface area (TPSA) is 113 Å². The van der Waals surface area contributed by atoms with Crippen molar-refractivity contribution in [2.75, 3.05) is 18.9 Å². The molecule has 0 aromatic carbocycles.